The third-order valence-electron chi connectivity index (χ3n) is 4.01. The number of halogens is 1. The van der Waals surface area contributed by atoms with Crippen molar-refractivity contribution in [2.45, 2.75) is 23.9 Å². The van der Waals surface area contributed by atoms with E-state index < -0.39 is 10.0 Å². The average molecular weight is 469 g/mol. The Balaban J connectivity index is 1.59. The molecule has 0 radical (unpaired) electrons. The number of aromatic nitrogens is 2. The number of oxime groups is 1. The van der Waals surface area contributed by atoms with Crippen molar-refractivity contribution in [1.29, 1.82) is 0 Å². The van der Waals surface area contributed by atoms with E-state index in [2.05, 4.69) is 35.8 Å². The lowest BCUT2D eigenvalue weighted by molar-refractivity contribution is 0.297. The Kier molecular flexibility index (Phi) is 7.38. The van der Waals surface area contributed by atoms with Gasteiger partial charge in [-0.3, -0.25) is 0 Å². The molecule has 0 unspecified atom stereocenters. The lowest BCUT2D eigenvalue weighted by Crippen LogP contribution is -2.40. The molecule has 1 heterocycles. The summed E-state index contributed by atoms with van der Waals surface area (Å²) in [6.45, 7) is 0.376. The molecule has 166 valence electrons. The Bertz CT molecular complexity index is 1090. The zero-order valence-electron chi connectivity index (χ0n) is 16.8. The predicted octanol–water partition coefficient (Wildman–Crippen LogP) is -0.536. The average Bonchev–Trinajstić information content (AvgIpc) is 3.39. The van der Waals surface area contributed by atoms with Gasteiger partial charge in [0.2, 0.25) is 11.8 Å². The second-order valence-corrected chi connectivity index (χ2v) is 9.55. The number of nitrogens with one attached hydrogen (secondary N) is 3. The zero-order chi connectivity index (χ0) is 22.4. The summed E-state index contributed by atoms with van der Waals surface area (Å²) in [7, 11) is -1.92. The zero-order valence-corrected chi connectivity index (χ0v) is 18.4. The molecular formula is C16H21BFN7O4S2. The quantitative estimate of drug-likeness (QED) is 0.0754. The standard InChI is InChI=1S/C16H21BFN7O4S2/c1-31(27,28)25-16(21-9-2-3-9)19-6-7-30-15-13(23-29-24-15)14(22-26)20-10-4-5-12(18)11(17)8-10/h4-5,8-9,26H,2-3,6-7,17H2,1H3,(H,20,22)(H2,19,21,25). The molecule has 15 heteroatoms. The van der Waals surface area contributed by atoms with Crippen molar-refractivity contribution in [3.8, 4) is 0 Å². The number of hydrogen-bond donors (Lipinski definition) is 4. The van der Waals surface area contributed by atoms with E-state index in [-0.39, 0.29) is 29.3 Å². The van der Waals surface area contributed by atoms with Gasteiger partial charge in [-0.1, -0.05) is 22.4 Å². The molecule has 1 aromatic carbocycles. The van der Waals surface area contributed by atoms with Crippen LogP contribution in [-0.2, 0) is 10.0 Å². The highest BCUT2D eigenvalue weighted by molar-refractivity contribution is 7.99. The van der Waals surface area contributed by atoms with Gasteiger partial charge in [-0.2, -0.15) is 0 Å². The van der Waals surface area contributed by atoms with E-state index in [4.69, 9.17) is 4.63 Å². The molecule has 1 aliphatic carbocycles. The highest BCUT2D eigenvalue weighted by Crippen LogP contribution is 2.21. The van der Waals surface area contributed by atoms with Crippen LogP contribution in [0.15, 0.2) is 37.4 Å². The maximum atomic E-state index is 13.4. The second kappa shape index (κ2) is 10.0. The van der Waals surface area contributed by atoms with E-state index in [1.165, 1.54) is 23.9 Å². The molecule has 1 aliphatic rings. The first-order valence-corrected chi connectivity index (χ1v) is 12.1. The number of amidine groups is 1. The fraction of sp³-hybridized carbons (Fsp3) is 0.375. The molecule has 0 amide bonds. The van der Waals surface area contributed by atoms with Crippen LogP contribution in [0.5, 0.6) is 0 Å². The molecule has 0 aliphatic heterocycles. The van der Waals surface area contributed by atoms with Crippen LogP contribution in [0.2, 0.25) is 0 Å². The van der Waals surface area contributed by atoms with E-state index in [0.29, 0.717) is 28.5 Å². The van der Waals surface area contributed by atoms with Crippen molar-refractivity contribution < 1.29 is 22.6 Å². The van der Waals surface area contributed by atoms with Gasteiger partial charge in [0.15, 0.2) is 10.7 Å². The van der Waals surface area contributed by atoms with E-state index >= 15 is 0 Å². The molecule has 11 nitrogen and oxygen atoms in total. The molecule has 0 bridgehead atoms. The van der Waals surface area contributed by atoms with E-state index in [1.54, 1.807) is 13.9 Å². The summed E-state index contributed by atoms with van der Waals surface area (Å²) < 4.78 is 44.8. The Morgan fingerprint density at radius 1 is 1.42 bits per heavy atom. The Hall–Kier alpha value is -2.81. The largest absolute Gasteiger partial charge is 0.409 e. The van der Waals surface area contributed by atoms with Crippen LogP contribution in [0.1, 0.15) is 18.5 Å². The molecular weight excluding hydrogens is 448 g/mol. The number of nitrogens with zero attached hydrogens (tertiary/aromatic N) is 4. The third-order valence-corrected chi connectivity index (χ3v) is 5.48. The molecule has 4 N–H and O–H groups in total. The van der Waals surface area contributed by atoms with Crippen LogP contribution in [0.4, 0.5) is 10.1 Å². The van der Waals surface area contributed by atoms with Crippen molar-refractivity contribution in [2.24, 2.45) is 9.55 Å². The van der Waals surface area contributed by atoms with Crippen molar-refractivity contribution in [3.63, 3.8) is 0 Å². The summed E-state index contributed by atoms with van der Waals surface area (Å²) in [6.07, 6.45) is 2.96. The van der Waals surface area contributed by atoms with Crippen LogP contribution < -0.4 is 21.4 Å². The minimum Gasteiger partial charge on any atom is -0.409 e. The number of thioether (sulfide) groups is 1. The summed E-state index contributed by atoms with van der Waals surface area (Å²) in [4.78, 5) is 0. The lowest BCUT2D eigenvalue weighted by Gasteiger charge is -2.11. The van der Waals surface area contributed by atoms with E-state index in [1.807, 2.05) is 0 Å². The van der Waals surface area contributed by atoms with Gasteiger partial charge in [0.25, 0.3) is 10.0 Å². The first-order valence-electron chi connectivity index (χ1n) is 9.26. The van der Waals surface area contributed by atoms with Gasteiger partial charge < -0.3 is 21.2 Å². The highest BCUT2D eigenvalue weighted by atomic mass is 32.2. The molecule has 1 aromatic heterocycles. The molecule has 3 rings (SSSR count). The number of guanidine groups is 1. The number of rotatable bonds is 8. The maximum Gasteiger partial charge on any atom is 0.253 e. The minimum absolute atomic E-state index is 0.0163. The van der Waals surface area contributed by atoms with Crippen LogP contribution in [0, 0.1) is 5.82 Å². The maximum absolute atomic E-state index is 13.4. The predicted molar refractivity (Wildman–Crippen MR) is 118 cm³/mol. The van der Waals surface area contributed by atoms with Gasteiger partial charge in [0.05, 0.1) is 6.26 Å². The highest BCUT2D eigenvalue weighted by Gasteiger charge is 2.23. The van der Waals surface area contributed by atoms with Crippen LogP contribution >= 0.6 is 11.8 Å². The van der Waals surface area contributed by atoms with Crippen LogP contribution in [0.25, 0.3) is 0 Å². The van der Waals surface area contributed by atoms with Crippen molar-refractivity contribution in [2.75, 3.05) is 23.9 Å². The normalized spacial score (nSPS) is 15.0. The molecule has 1 fully saturated rings. The first-order chi connectivity index (χ1) is 14.7. The van der Waals surface area contributed by atoms with Crippen molar-refractivity contribution >= 4 is 52.6 Å². The summed E-state index contributed by atoms with van der Waals surface area (Å²) in [5.41, 5.74) is 1.10. The van der Waals surface area contributed by atoms with E-state index in [0.717, 1.165) is 19.1 Å². The molecule has 0 spiro atoms. The number of anilines is 1. The molecule has 2 aromatic rings. The second-order valence-electron chi connectivity index (χ2n) is 6.82. The van der Waals surface area contributed by atoms with Gasteiger partial charge in [0, 0.05) is 24.0 Å². The van der Waals surface area contributed by atoms with Gasteiger partial charge in [0.1, 0.15) is 13.7 Å². The minimum atomic E-state index is -3.53. The molecule has 1 saturated carbocycles. The summed E-state index contributed by atoms with van der Waals surface area (Å²) >= 11 is 1.25. The molecule has 0 atom stereocenters. The van der Waals surface area contributed by atoms with Crippen molar-refractivity contribution in [1.82, 2.24) is 20.9 Å². The summed E-state index contributed by atoms with van der Waals surface area (Å²) in [5.74, 6) is 0.299. The fourth-order valence-corrected chi connectivity index (χ4v) is 3.63. The van der Waals surface area contributed by atoms with E-state index in [9.17, 15) is 18.0 Å². The Morgan fingerprint density at radius 2 is 2.19 bits per heavy atom. The summed E-state index contributed by atoms with van der Waals surface area (Å²) in [5, 5.41) is 29.4. The Labute approximate surface area is 183 Å². The topological polar surface area (TPSA) is 154 Å². The monoisotopic (exact) mass is 469 g/mol. The lowest BCUT2D eigenvalue weighted by atomic mass is 9.95. The van der Waals surface area contributed by atoms with Crippen LogP contribution in [0.3, 0.4) is 0 Å². The Morgan fingerprint density at radius 3 is 2.84 bits per heavy atom. The summed E-state index contributed by atoms with van der Waals surface area (Å²) in [6, 6.07) is 4.57. The molecule has 0 saturated heterocycles. The van der Waals surface area contributed by atoms with Gasteiger partial charge in [-0.05, 0) is 41.4 Å². The van der Waals surface area contributed by atoms with Crippen molar-refractivity contribution in [3.05, 3.63) is 29.7 Å². The third kappa shape index (κ3) is 7.13. The first kappa shape index (κ1) is 22.9. The molecule has 31 heavy (non-hydrogen) atoms. The number of benzene rings is 1. The number of hydrogen-bond acceptors (Lipinski definition) is 8. The fourth-order valence-electron chi connectivity index (χ4n) is 2.42. The van der Waals surface area contributed by atoms with Crippen LogP contribution in [-0.4, -0.2) is 68.2 Å². The van der Waals surface area contributed by atoms with Gasteiger partial charge >= 0.3 is 0 Å². The van der Waals surface area contributed by atoms with Gasteiger partial charge in [-0.25, -0.2) is 17.4 Å². The van der Waals surface area contributed by atoms with Gasteiger partial charge in [-0.15, -0.1) is 4.40 Å². The SMILES string of the molecule is Bc1cc(N/C(=N\O)c2nonc2SCCN/C(=N/S(C)(=O)=O)NC2CC2)ccc1F. The smallest absolute Gasteiger partial charge is 0.253 e. The number of sulfonamides is 1.